The molecular weight excluding hydrogens is 655 g/mol. The number of carboxylic acids is 1. The number of carbonyl (C=O) groups excluding carboxylic acids is 3. The molecule has 0 saturated heterocycles. The molecule has 0 radical (unpaired) electrons. The number of nitrogens with zero attached hydrogens (tertiary/aromatic N) is 4. The van der Waals surface area contributed by atoms with Crippen LogP contribution in [0.25, 0.3) is 0 Å². The van der Waals surface area contributed by atoms with E-state index in [-0.39, 0.29) is 55.3 Å². The Morgan fingerprint density at radius 3 is 1.27 bits per heavy atom. The molecule has 0 saturated carbocycles. The maximum absolute atomic E-state index is 12.4. The van der Waals surface area contributed by atoms with Gasteiger partial charge in [-0.05, 0) is 33.1 Å². The van der Waals surface area contributed by atoms with E-state index in [0.29, 0.717) is 13.1 Å². The van der Waals surface area contributed by atoms with Crippen LogP contribution in [0.3, 0.4) is 0 Å². The number of halogens is 2. The van der Waals surface area contributed by atoms with Crippen molar-refractivity contribution in [2.75, 3.05) is 0 Å². The maximum atomic E-state index is 12.4. The average Bonchev–Trinajstić information content (AvgIpc) is 3.48. The number of rotatable bonds is 8. The van der Waals surface area contributed by atoms with Gasteiger partial charge in [0.25, 0.3) is 11.8 Å². The van der Waals surface area contributed by atoms with Crippen LogP contribution < -0.4 is 10.6 Å². The fourth-order valence-corrected chi connectivity index (χ4v) is 5.33. The molecule has 2 aromatic heterocycles. The van der Waals surface area contributed by atoms with E-state index in [1.54, 1.807) is 7.05 Å². The first-order chi connectivity index (χ1) is 22.2. The van der Waals surface area contributed by atoms with Crippen LogP contribution in [0, 0.1) is 0 Å². The third-order valence-electron chi connectivity index (χ3n) is 7.49. The highest BCUT2D eigenvalue weighted by Gasteiger charge is 2.25. The van der Waals surface area contributed by atoms with Crippen LogP contribution in [0.4, 0.5) is 0 Å². The average molecular weight is 698 g/mol. The summed E-state index contributed by atoms with van der Waals surface area (Å²) in [6.07, 6.45) is 0. The summed E-state index contributed by atoms with van der Waals surface area (Å²) >= 11 is 12.1. The lowest BCUT2D eigenvalue weighted by molar-refractivity contribution is 0.0689. The second-order valence-corrected chi connectivity index (χ2v) is 14.1. The topological polar surface area (TPSA) is 148 Å². The van der Waals surface area contributed by atoms with Crippen molar-refractivity contribution < 1.29 is 24.3 Å². The van der Waals surface area contributed by atoms with Crippen molar-refractivity contribution in [3.63, 3.8) is 0 Å². The summed E-state index contributed by atoms with van der Waals surface area (Å²) in [6, 6.07) is 16.1. The number of hydrogen-bond donors (Lipinski definition) is 3. The Morgan fingerprint density at radius 1 is 0.667 bits per heavy atom. The lowest BCUT2D eigenvalue weighted by atomic mass is 9.87. The number of ketones is 1. The first-order valence-electron chi connectivity index (χ1n) is 15.2. The number of hydrogen-bond acceptors (Lipinski definition) is 6. The molecule has 0 unspecified atom stereocenters. The minimum Gasteiger partial charge on any atom is -0.476 e. The highest BCUT2D eigenvalue weighted by molar-refractivity contribution is 6.36. The molecule has 2 aromatic carbocycles. The molecule has 48 heavy (non-hydrogen) atoms. The molecule has 0 aliphatic rings. The molecule has 3 N–H and O–H groups in total. The number of nitrogens with one attached hydrogen (secondary N) is 2. The molecule has 2 heterocycles. The highest BCUT2D eigenvalue weighted by Crippen LogP contribution is 2.24. The Hall–Kier alpha value is -4.48. The number of aromatic carboxylic acids is 1. The number of Topliss-reactive ketones (excluding diaryl/α,β-unsaturated/α-hetero) is 1. The van der Waals surface area contributed by atoms with Gasteiger partial charge in [0.1, 0.15) is 27.1 Å². The normalized spacial score (nSPS) is 11.4. The molecular formula is C35H42Cl2N6O5. The lowest BCUT2D eigenvalue weighted by Crippen LogP contribution is -2.25. The van der Waals surface area contributed by atoms with Gasteiger partial charge < -0.3 is 15.7 Å². The van der Waals surface area contributed by atoms with E-state index in [2.05, 4.69) is 74.5 Å². The molecule has 0 fully saturated rings. The molecule has 4 rings (SSSR count). The van der Waals surface area contributed by atoms with Crippen molar-refractivity contribution in [3.8, 4) is 0 Å². The third kappa shape index (κ3) is 9.32. The quantitative estimate of drug-likeness (QED) is 0.178. The molecule has 256 valence electrons. The number of aromatic nitrogens is 4. The molecule has 11 nitrogen and oxygen atoms in total. The van der Waals surface area contributed by atoms with Gasteiger partial charge in [0.05, 0.1) is 0 Å². The minimum absolute atomic E-state index is 0.0281. The molecule has 13 heteroatoms. The SMILES string of the molecule is CC(=O)c1nn(C)c(C(=O)NCc2ccc(C(C)(C)C)cc2)c1Cl.Cn1nc(C(=O)O)c(Cl)c1C(=O)NCc1ccc(C(C)(C)C)cc1. The van der Waals surface area contributed by atoms with Crippen molar-refractivity contribution in [2.45, 2.75) is 72.4 Å². The molecule has 0 aliphatic carbocycles. The van der Waals surface area contributed by atoms with Crippen molar-refractivity contribution in [3.05, 3.63) is 104 Å². The number of aryl methyl sites for hydroxylation is 2. The molecule has 2 amide bonds. The summed E-state index contributed by atoms with van der Waals surface area (Å²) in [4.78, 5) is 47.1. The predicted octanol–water partition coefficient (Wildman–Crippen LogP) is 6.50. The number of benzene rings is 2. The van der Waals surface area contributed by atoms with Gasteiger partial charge in [0, 0.05) is 34.1 Å². The Balaban J connectivity index is 0.000000260. The van der Waals surface area contributed by atoms with Gasteiger partial charge in [-0.1, -0.05) is 113 Å². The van der Waals surface area contributed by atoms with Crippen molar-refractivity contribution in [1.82, 2.24) is 30.2 Å². The first kappa shape index (κ1) is 38.0. The summed E-state index contributed by atoms with van der Waals surface area (Å²) in [6.45, 7) is 14.9. The number of amides is 2. The van der Waals surface area contributed by atoms with E-state index in [1.807, 2.05) is 36.4 Å². The first-order valence-corrected chi connectivity index (χ1v) is 15.9. The van der Waals surface area contributed by atoms with Crippen LogP contribution in [-0.4, -0.2) is 48.2 Å². The third-order valence-corrected chi connectivity index (χ3v) is 8.21. The summed E-state index contributed by atoms with van der Waals surface area (Å²) in [5.41, 5.74) is 4.52. The highest BCUT2D eigenvalue weighted by atomic mass is 35.5. The predicted molar refractivity (Wildman–Crippen MR) is 186 cm³/mol. The Bertz CT molecular complexity index is 1680. The fourth-order valence-electron chi connectivity index (χ4n) is 4.63. The van der Waals surface area contributed by atoms with Gasteiger partial charge in [-0.25, -0.2) is 4.79 Å². The standard InChI is InChI=1S/C18H22ClN3O2.C17H20ClN3O3/c1-11(23)15-14(19)16(22(5)21-15)17(24)20-10-12-6-8-13(9-7-12)18(2,3)4;1-17(2,3)11-7-5-10(6-8-11)9-19-15(22)14-12(18)13(16(23)24)20-21(14)4/h6-9H,10H2,1-5H3,(H,20,24);5-8H,9H2,1-4H3,(H,19,22)(H,23,24). The van der Waals surface area contributed by atoms with Gasteiger partial charge in [-0.2, -0.15) is 10.2 Å². The van der Waals surface area contributed by atoms with E-state index in [4.69, 9.17) is 28.3 Å². The van der Waals surface area contributed by atoms with Crippen LogP contribution in [0.15, 0.2) is 48.5 Å². The van der Waals surface area contributed by atoms with Crippen molar-refractivity contribution >= 4 is 46.8 Å². The summed E-state index contributed by atoms with van der Waals surface area (Å²) in [5.74, 6) is -2.37. The van der Waals surface area contributed by atoms with E-state index >= 15 is 0 Å². The Kier molecular flexibility index (Phi) is 12.0. The largest absolute Gasteiger partial charge is 0.476 e. The van der Waals surface area contributed by atoms with Crippen LogP contribution >= 0.6 is 23.2 Å². The zero-order chi connectivity index (χ0) is 36.1. The monoisotopic (exact) mass is 696 g/mol. The van der Waals surface area contributed by atoms with Crippen molar-refractivity contribution in [2.24, 2.45) is 14.1 Å². The molecule has 0 spiro atoms. The summed E-state index contributed by atoms with van der Waals surface area (Å²) in [7, 11) is 3.07. The summed E-state index contributed by atoms with van der Waals surface area (Å²) in [5, 5.41) is 22.2. The van der Waals surface area contributed by atoms with Gasteiger partial charge in [-0.3, -0.25) is 23.7 Å². The van der Waals surface area contributed by atoms with Crippen LogP contribution in [0.5, 0.6) is 0 Å². The molecule has 4 aromatic rings. The lowest BCUT2D eigenvalue weighted by Gasteiger charge is -2.19. The van der Waals surface area contributed by atoms with Gasteiger partial charge >= 0.3 is 5.97 Å². The maximum Gasteiger partial charge on any atom is 0.358 e. The van der Waals surface area contributed by atoms with Gasteiger partial charge in [0.15, 0.2) is 11.5 Å². The van der Waals surface area contributed by atoms with Crippen LogP contribution in [0.1, 0.15) is 113 Å². The summed E-state index contributed by atoms with van der Waals surface area (Å²) < 4.78 is 2.50. The molecule has 0 bridgehead atoms. The fraction of sp³-hybridized carbons (Fsp3) is 0.371. The number of carbonyl (C=O) groups is 4. The smallest absolute Gasteiger partial charge is 0.358 e. The van der Waals surface area contributed by atoms with E-state index in [1.165, 1.54) is 34.5 Å². The van der Waals surface area contributed by atoms with Gasteiger partial charge in [-0.15, -0.1) is 0 Å². The van der Waals surface area contributed by atoms with E-state index < -0.39 is 11.9 Å². The van der Waals surface area contributed by atoms with Crippen molar-refractivity contribution in [1.29, 1.82) is 0 Å². The van der Waals surface area contributed by atoms with E-state index in [9.17, 15) is 19.2 Å². The Morgan fingerprint density at radius 2 is 1.00 bits per heavy atom. The van der Waals surface area contributed by atoms with Crippen LogP contribution in [0.2, 0.25) is 10.0 Å². The second kappa shape index (κ2) is 15.2. The minimum atomic E-state index is -1.27. The Labute approximate surface area is 290 Å². The second-order valence-electron chi connectivity index (χ2n) is 13.4. The zero-order valence-corrected chi connectivity index (χ0v) is 30.2. The zero-order valence-electron chi connectivity index (χ0n) is 28.7. The van der Waals surface area contributed by atoms with Crippen LogP contribution in [-0.2, 0) is 38.0 Å². The van der Waals surface area contributed by atoms with E-state index in [0.717, 1.165) is 11.1 Å². The molecule has 0 aliphatic heterocycles. The molecule has 0 atom stereocenters. The van der Waals surface area contributed by atoms with Gasteiger partial charge in [0.2, 0.25) is 0 Å². The number of carboxylic acid groups (broad SMARTS) is 1.